The number of hydrogen-bond donors (Lipinski definition) is 0. The molecule has 112 valence electrons. The second kappa shape index (κ2) is 43.7. The zero-order chi connectivity index (χ0) is 15.3. The molecule has 4 heteroatoms. The third-order valence-electron chi connectivity index (χ3n) is 0. The van der Waals surface area contributed by atoms with Crippen molar-refractivity contribution in [3.05, 3.63) is 0 Å². The van der Waals surface area contributed by atoms with Crippen LogP contribution < -0.4 is 0 Å². The molecule has 0 aliphatic carbocycles. The molecule has 0 aliphatic heterocycles. The Morgan fingerprint density at radius 2 is 0.941 bits per heavy atom. The number of hydrogen-bond acceptors (Lipinski definition) is 3. The van der Waals surface area contributed by atoms with E-state index in [0.717, 1.165) is 0 Å². The van der Waals surface area contributed by atoms with Crippen LogP contribution in [0.25, 0.3) is 0 Å². The highest BCUT2D eigenvalue weighted by molar-refractivity contribution is 7.97. The summed E-state index contributed by atoms with van der Waals surface area (Å²) in [5, 5.41) is 0. The Labute approximate surface area is 118 Å². The topological polar surface area (TPSA) is 12.5 Å². The van der Waals surface area contributed by atoms with Gasteiger partial charge in [0.2, 0.25) is 0 Å². The summed E-state index contributed by atoms with van der Waals surface area (Å²) in [5.41, 5.74) is 0. The summed E-state index contributed by atoms with van der Waals surface area (Å²) in [6.07, 6.45) is 5.33. The Balaban J connectivity index is -0.0000000356. The van der Waals surface area contributed by atoms with Crippen molar-refractivity contribution >= 4 is 19.7 Å². The first-order valence-electron chi connectivity index (χ1n) is 5.73. The molecule has 0 heterocycles. The van der Waals surface area contributed by atoms with Gasteiger partial charge in [0, 0.05) is 14.2 Å². The summed E-state index contributed by atoms with van der Waals surface area (Å²) in [4.78, 5) is 2.00. The predicted octanol–water partition coefficient (Wildman–Crippen LogP) is 4.19. The predicted molar refractivity (Wildman–Crippen MR) is 92.6 cm³/mol. The summed E-state index contributed by atoms with van der Waals surface area (Å²) in [5.74, 6) is 0. The molecule has 0 radical (unpaired) electrons. The van der Waals surface area contributed by atoms with Crippen LogP contribution >= 0.6 is 19.7 Å². The van der Waals surface area contributed by atoms with Crippen molar-refractivity contribution < 1.29 is 4.74 Å². The van der Waals surface area contributed by atoms with Crippen LogP contribution in [0.15, 0.2) is 0 Å². The Kier molecular flexibility index (Phi) is 78.8. The Morgan fingerprint density at radius 1 is 0.941 bits per heavy atom. The molecule has 0 N–H and O–H groups in total. The highest BCUT2D eigenvalue weighted by Crippen LogP contribution is 2.14. The number of nitrogens with zero attached hydrogens (tertiary/aromatic N) is 1. The lowest BCUT2D eigenvalue weighted by Crippen LogP contribution is -1.99. The Hall–Kier alpha value is 0.700. The molecular formula is C13H38NOPS. The van der Waals surface area contributed by atoms with Gasteiger partial charge in [-0.25, -0.2) is 0 Å². The van der Waals surface area contributed by atoms with Crippen molar-refractivity contribution in [3.63, 3.8) is 0 Å². The van der Waals surface area contributed by atoms with Crippen molar-refractivity contribution in [1.29, 1.82) is 0 Å². The largest absolute Gasteiger partial charge is 0.388 e. The summed E-state index contributed by atoms with van der Waals surface area (Å²) in [6.45, 7) is 10.9. The molecule has 17 heavy (non-hydrogen) atoms. The third-order valence-corrected chi connectivity index (χ3v) is 0. The van der Waals surface area contributed by atoms with Crippen LogP contribution in [0.1, 0.15) is 20.3 Å². The minimum atomic E-state index is 0.380. The van der Waals surface area contributed by atoms with E-state index in [9.17, 15) is 0 Å². The molecule has 0 fully saturated rings. The average Bonchev–Trinajstić information content (AvgIpc) is 2.03. The van der Waals surface area contributed by atoms with Gasteiger partial charge in [-0.2, -0.15) is 11.8 Å². The normalized spacial score (nSPS) is 7.41. The number of thioether (sulfide) groups is 1. The maximum Gasteiger partial charge on any atom is 0.0351 e. The van der Waals surface area contributed by atoms with Crippen molar-refractivity contribution in [1.82, 2.24) is 4.90 Å². The minimum absolute atomic E-state index is 0.380. The van der Waals surface area contributed by atoms with Gasteiger partial charge in [0.15, 0.2) is 0 Å². The van der Waals surface area contributed by atoms with Crippen molar-refractivity contribution in [2.75, 3.05) is 67.9 Å². The summed E-state index contributed by atoms with van der Waals surface area (Å²) in [7, 11) is 9.63. The first-order valence-corrected chi connectivity index (χ1v) is 10.0. The Morgan fingerprint density at radius 3 is 0.941 bits per heavy atom. The van der Waals surface area contributed by atoms with Gasteiger partial charge in [-0.1, -0.05) is 20.3 Å². The highest BCUT2D eigenvalue weighted by atomic mass is 32.2. The van der Waals surface area contributed by atoms with Crippen LogP contribution in [0.4, 0.5) is 0 Å². The van der Waals surface area contributed by atoms with E-state index < -0.39 is 0 Å². The fraction of sp³-hybridized carbons (Fsp3) is 1.00. The van der Waals surface area contributed by atoms with Gasteiger partial charge in [0.05, 0.1) is 0 Å². The zero-order valence-corrected chi connectivity index (χ0v) is 16.1. The molecule has 0 rings (SSSR count). The van der Waals surface area contributed by atoms with Gasteiger partial charge in [-0.3, -0.25) is 0 Å². The van der Waals surface area contributed by atoms with E-state index in [0.29, 0.717) is 7.92 Å². The maximum absolute atomic E-state index is 4.25. The van der Waals surface area contributed by atoms with Gasteiger partial charge in [0.1, 0.15) is 0 Å². The van der Waals surface area contributed by atoms with Crippen LogP contribution in [0, 0.1) is 0 Å². The second-order valence-corrected chi connectivity index (χ2v) is 7.71. The average molecular weight is 287 g/mol. The number of ether oxygens (including phenoxy) is 1. The second-order valence-electron chi connectivity index (χ2n) is 4.21. The minimum Gasteiger partial charge on any atom is -0.388 e. The summed E-state index contributed by atoms with van der Waals surface area (Å²) in [6, 6.07) is 0. The monoisotopic (exact) mass is 287 g/mol. The van der Waals surface area contributed by atoms with Crippen molar-refractivity contribution in [2.24, 2.45) is 0 Å². The highest BCUT2D eigenvalue weighted by Gasteiger charge is 1.65. The van der Waals surface area contributed by atoms with E-state index in [4.69, 9.17) is 0 Å². The molecule has 0 aliphatic rings. The third kappa shape index (κ3) is 7360. The van der Waals surface area contributed by atoms with Gasteiger partial charge in [-0.15, -0.1) is 7.92 Å². The fourth-order valence-electron chi connectivity index (χ4n) is 0. The standard InChI is InChI=1S/C3H9N.C3H9P.C3H8.C2H6O.C2H6S/c2*1-4(2)3;3*1-3-2/h2*1-3H3;3H2,1-2H3;2*1-2H3. The lowest BCUT2D eigenvalue weighted by molar-refractivity contribution is 0.277. The zero-order valence-electron chi connectivity index (χ0n) is 14.4. The molecule has 0 aromatic carbocycles. The van der Waals surface area contributed by atoms with E-state index >= 15 is 0 Å². The first kappa shape index (κ1) is 30.6. The van der Waals surface area contributed by atoms with Crippen molar-refractivity contribution in [2.45, 2.75) is 20.3 Å². The van der Waals surface area contributed by atoms with E-state index in [1.807, 2.05) is 38.6 Å². The fourth-order valence-corrected chi connectivity index (χ4v) is 0. The SMILES string of the molecule is CCC.CN(C)C.COC.CP(C)C.CSC. The van der Waals surface area contributed by atoms with Gasteiger partial charge in [-0.05, 0) is 53.6 Å². The van der Waals surface area contributed by atoms with Crippen LogP contribution in [0.3, 0.4) is 0 Å². The van der Waals surface area contributed by atoms with E-state index in [1.54, 1.807) is 26.0 Å². The molecule has 0 unspecified atom stereocenters. The molecular weight excluding hydrogens is 249 g/mol. The van der Waals surface area contributed by atoms with Gasteiger partial charge < -0.3 is 9.64 Å². The van der Waals surface area contributed by atoms with Crippen LogP contribution in [-0.4, -0.2) is 72.8 Å². The molecule has 0 aromatic heterocycles. The number of rotatable bonds is 0. The molecule has 2 nitrogen and oxygen atoms in total. The molecule has 0 spiro atoms. The smallest absolute Gasteiger partial charge is 0.0351 e. The molecule has 0 aromatic rings. The van der Waals surface area contributed by atoms with E-state index in [-0.39, 0.29) is 0 Å². The first-order chi connectivity index (χ1) is 7.71. The van der Waals surface area contributed by atoms with Gasteiger partial charge >= 0.3 is 0 Å². The Bertz CT molecular complexity index is 58.2. The molecule has 0 bridgehead atoms. The summed E-state index contributed by atoms with van der Waals surface area (Å²) < 4.78 is 4.25. The number of methoxy groups -OCH3 is 1. The maximum atomic E-state index is 4.25. The van der Waals surface area contributed by atoms with Gasteiger partial charge in [0.25, 0.3) is 0 Å². The quantitative estimate of drug-likeness (QED) is 0.620. The van der Waals surface area contributed by atoms with E-state index in [2.05, 4.69) is 38.6 Å². The lowest BCUT2D eigenvalue weighted by Gasteiger charge is -1.90. The summed E-state index contributed by atoms with van der Waals surface area (Å²) >= 11 is 1.75. The molecule has 0 atom stereocenters. The molecule has 0 amide bonds. The lowest BCUT2D eigenvalue weighted by atomic mass is 10.6. The van der Waals surface area contributed by atoms with E-state index in [1.165, 1.54) is 6.42 Å². The molecule has 0 saturated heterocycles. The van der Waals surface area contributed by atoms with Crippen LogP contribution in [0.2, 0.25) is 0 Å². The van der Waals surface area contributed by atoms with Crippen LogP contribution in [-0.2, 0) is 4.74 Å². The van der Waals surface area contributed by atoms with Crippen molar-refractivity contribution in [3.8, 4) is 0 Å². The molecule has 0 saturated carbocycles. The van der Waals surface area contributed by atoms with Crippen LogP contribution in [0.5, 0.6) is 0 Å².